The summed E-state index contributed by atoms with van der Waals surface area (Å²) in [6.45, 7) is 2.12. The summed E-state index contributed by atoms with van der Waals surface area (Å²) in [5.74, 6) is 0.822. The van der Waals surface area contributed by atoms with Gasteiger partial charge in [-0.2, -0.15) is 0 Å². The molecule has 2 atom stereocenters. The second-order valence-electron chi connectivity index (χ2n) is 6.09. The van der Waals surface area contributed by atoms with Gasteiger partial charge in [0.05, 0.1) is 10.8 Å². The summed E-state index contributed by atoms with van der Waals surface area (Å²) in [7, 11) is -1.34. The molecule has 0 heterocycles. The van der Waals surface area contributed by atoms with Gasteiger partial charge in [0.2, 0.25) is 5.91 Å². The van der Waals surface area contributed by atoms with Crippen molar-refractivity contribution in [2.45, 2.75) is 49.6 Å². The van der Waals surface area contributed by atoms with Crippen molar-refractivity contribution in [3.63, 3.8) is 0 Å². The summed E-state index contributed by atoms with van der Waals surface area (Å²) in [5.41, 5.74) is 0. The molecule has 0 radical (unpaired) electrons. The minimum absolute atomic E-state index is 0.00306. The third kappa shape index (κ3) is 3.46. The summed E-state index contributed by atoms with van der Waals surface area (Å²) in [4.78, 5) is 15.1. The summed E-state index contributed by atoms with van der Waals surface area (Å²) in [6.07, 6.45) is 4.57. The molecule has 2 saturated carbocycles. The van der Waals surface area contributed by atoms with E-state index < -0.39 is 10.8 Å². The maximum Gasteiger partial charge on any atom is 0.236 e. The Hall–Kier alpha value is -1.36. The van der Waals surface area contributed by atoms with Crippen LogP contribution in [0.15, 0.2) is 29.2 Å². The Morgan fingerprint density at radius 3 is 2.43 bits per heavy atom. The summed E-state index contributed by atoms with van der Waals surface area (Å²) in [6, 6.07) is 6.88. The van der Waals surface area contributed by atoms with Gasteiger partial charge in [-0.15, -0.1) is 0 Å². The lowest BCUT2D eigenvalue weighted by Crippen LogP contribution is -2.43. The first kappa shape index (κ1) is 14.6. The van der Waals surface area contributed by atoms with Crippen LogP contribution in [0.5, 0.6) is 5.75 Å². The maximum absolute atomic E-state index is 12.5. The number of hydrogen-bond donors (Lipinski definition) is 1. The number of phenols is 1. The lowest BCUT2D eigenvalue weighted by Gasteiger charge is -2.29. The zero-order valence-corrected chi connectivity index (χ0v) is 13.0. The third-order valence-electron chi connectivity index (χ3n) is 4.33. The van der Waals surface area contributed by atoms with Crippen LogP contribution in [0.2, 0.25) is 0 Å². The standard InChI is InChI=1S/C16H21NO3S/c1-11(12-2-3-12)17(13-4-5-13)16(19)10-21(20)15-8-6-14(18)7-9-15/h6-9,11-13,18H,2-5,10H2,1H3/t11-,21-/m0/s1. The second kappa shape index (κ2) is 5.79. The van der Waals surface area contributed by atoms with Crippen LogP contribution in [0.4, 0.5) is 0 Å². The molecule has 2 aliphatic carbocycles. The number of hydrogen-bond acceptors (Lipinski definition) is 3. The van der Waals surface area contributed by atoms with Gasteiger partial charge in [-0.05, 0) is 62.8 Å². The van der Waals surface area contributed by atoms with Crippen LogP contribution in [-0.4, -0.2) is 38.0 Å². The summed E-state index contributed by atoms with van der Waals surface area (Å²) in [5, 5.41) is 9.26. The molecule has 3 rings (SSSR count). The molecule has 0 unspecified atom stereocenters. The molecule has 0 aliphatic heterocycles. The number of nitrogens with zero attached hydrogens (tertiary/aromatic N) is 1. The van der Waals surface area contributed by atoms with Gasteiger partial charge < -0.3 is 10.0 Å². The highest BCUT2D eigenvalue weighted by Crippen LogP contribution is 2.39. The van der Waals surface area contributed by atoms with Crippen LogP contribution in [0.3, 0.4) is 0 Å². The van der Waals surface area contributed by atoms with Crippen molar-refractivity contribution in [3.8, 4) is 5.75 Å². The number of carbonyl (C=O) groups excluding carboxylic acids is 1. The van der Waals surface area contributed by atoms with E-state index in [1.54, 1.807) is 12.1 Å². The molecule has 0 aromatic heterocycles. The Kier molecular flexibility index (Phi) is 4.02. The lowest BCUT2D eigenvalue weighted by atomic mass is 10.2. The van der Waals surface area contributed by atoms with Gasteiger partial charge in [0.25, 0.3) is 0 Å². The average molecular weight is 307 g/mol. The molecular weight excluding hydrogens is 286 g/mol. The Morgan fingerprint density at radius 2 is 1.90 bits per heavy atom. The van der Waals surface area contributed by atoms with Gasteiger partial charge in [0.1, 0.15) is 11.5 Å². The zero-order chi connectivity index (χ0) is 15.0. The predicted molar refractivity (Wildman–Crippen MR) is 81.4 cm³/mol. The van der Waals surface area contributed by atoms with Crippen LogP contribution in [0, 0.1) is 5.92 Å². The summed E-state index contributed by atoms with van der Waals surface area (Å²) < 4.78 is 12.3. The van der Waals surface area contributed by atoms with Crippen LogP contribution >= 0.6 is 0 Å². The number of phenolic OH excluding ortho intramolecular Hbond substituents is 1. The molecule has 1 aromatic rings. The fraction of sp³-hybridized carbons (Fsp3) is 0.562. The van der Waals surface area contributed by atoms with Gasteiger partial charge in [-0.1, -0.05) is 0 Å². The first-order valence-electron chi connectivity index (χ1n) is 7.55. The highest BCUT2D eigenvalue weighted by atomic mass is 32.2. The zero-order valence-electron chi connectivity index (χ0n) is 12.2. The van der Waals surface area contributed by atoms with Crippen molar-refractivity contribution >= 4 is 16.7 Å². The Bertz CT molecular complexity index is 549. The van der Waals surface area contributed by atoms with E-state index >= 15 is 0 Å². The molecule has 0 saturated heterocycles. The van der Waals surface area contributed by atoms with Gasteiger partial charge in [-0.3, -0.25) is 9.00 Å². The van der Waals surface area contributed by atoms with Crippen LogP contribution in [0.25, 0.3) is 0 Å². The quantitative estimate of drug-likeness (QED) is 0.877. The molecular formula is C16H21NO3S. The van der Waals surface area contributed by atoms with Gasteiger partial charge in [0.15, 0.2) is 0 Å². The molecule has 2 aliphatic rings. The molecule has 5 heteroatoms. The molecule has 21 heavy (non-hydrogen) atoms. The largest absolute Gasteiger partial charge is 0.508 e. The highest BCUT2D eigenvalue weighted by molar-refractivity contribution is 7.85. The predicted octanol–water partition coefficient (Wildman–Crippen LogP) is 2.29. The molecule has 0 spiro atoms. The van der Waals surface area contributed by atoms with E-state index in [2.05, 4.69) is 6.92 Å². The number of rotatable bonds is 6. The van der Waals surface area contributed by atoms with E-state index in [0.717, 1.165) is 12.8 Å². The Morgan fingerprint density at radius 1 is 1.29 bits per heavy atom. The number of aromatic hydroxyl groups is 1. The van der Waals surface area contributed by atoms with Crippen molar-refractivity contribution in [1.82, 2.24) is 4.90 Å². The van der Waals surface area contributed by atoms with E-state index in [9.17, 15) is 14.1 Å². The minimum Gasteiger partial charge on any atom is -0.508 e. The van der Waals surface area contributed by atoms with Gasteiger partial charge in [-0.25, -0.2) is 0 Å². The van der Waals surface area contributed by atoms with Crippen molar-refractivity contribution in [2.75, 3.05) is 5.75 Å². The first-order chi connectivity index (χ1) is 10.1. The monoisotopic (exact) mass is 307 g/mol. The fourth-order valence-corrected chi connectivity index (χ4v) is 3.77. The SMILES string of the molecule is C[C@@H](C1CC1)N(C(=O)C[S@](=O)c1ccc(O)cc1)C1CC1. The Labute approximate surface area is 127 Å². The second-order valence-corrected chi connectivity index (χ2v) is 7.55. The molecule has 0 bridgehead atoms. The van der Waals surface area contributed by atoms with E-state index in [1.165, 1.54) is 25.0 Å². The Balaban J connectivity index is 1.66. The van der Waals surface area contributed by atoms with E-state index in [0.29, 0.717) is 16.9 Å². The molecule has 1 N–H and O–H groups in total. The van der Waals surface area contributed by atoms with Crippen molar-refractivity contribution < 1.29 is 14.1 Å². The third-order valence-corrected chi connectivity index (χ3v) is 5.63. The summed E-state index contributed by atoms with van der Waals surface area (Å²) >= 11 is 0. The van der Waals surface area contributed by atoms with Crippen molar-refractivity contribution in [1.29, 1.82) is 0 Å². The molecule has 1 aromatic carbocycles. The smallest absolute Gasteiger partial charge is 0.236 e. The normalized spacial score (nSPS) is 20.8. The molecule has 2 fully saturated rings. The fourth-order valence-electron chi connectivity index (χ4n) is 2.79. The van der Waals surface area contributed by atoms with Crippen LogP contribution in [0.1, 0.15) is 32.6 Å². The topological polar surface area (TPSA) is 57.6 Å². The molecule has 1 amide bonds. The number of benzene rings is 1. The first-order valence-corrected chi connectivity index (χ1v) is 8.86. The van der Waals surface area contributed by atoms with Crippen LogP contribution in [-0.2, 0) is 15.6 Å². The van der Waals surface area contributed by atoms with Crippen LogP contribution < -0.4 is 0 Å². The van der Waals surface area contributed by atoms with Crippen molar-refractivity contribution in [3.05, 3.63) is 24.3 Å². The highest BCUT2D eigenvalue weighted by Gasteiger charge is 2.41. The van der Waals surface area contributed by atoms with E-state index in [1.807, 2.05) is 4.90 Å². The molecule has 4 nitrogen and oxygen atoms in total. The minimum atomic E-state index is -1.34. The van der Waals surface area contributed by atoms with E-state index in [4.69, 9.17) is 0 Å². The van der Waals surface area contributed by atoms with E-state index in [-0.39, 0.29) is 23.5 Å². The maximum atomic E-state index is 12.5. The lowest BCUT2D eigenvalue weighted by molar-refractivity contribution is -0.131. The number of amides is 1. The van der Waals surface area contributed by atoms with Gasteiger partial charge >= 0.3 is 0 Å². The number of carbonyl (C=O) groups is 1. The van der Waals surface area contributed by atoms with Crippen molar-refractivity contribution in [2.24, 2.45) is 5.92 Å². The average Bonchev–Trinajstić information content (AvgIpc) is 3.32. The molecule has 114 valence electrons. The van der Waals surface area contributed by atoms with Gasteiger partial charge in [0, 0.05) is 17.0 Å².